The van der Waals surface area contributed by atoms with Crippen molar-refractivity contribution in [3.05, 3.63) is 12.1 Å². The lowest BCUT2D eigenvalue weighted by atomic mass is 9.75. The zero-order valence-corrected chi connectivity index (χ0v) is 8.31. The van der Waals surface area contributed by atoms with E-state index in [4.69, 9.17) is 0 Å². The number of hydrogen-bond acceptors (Lipinski definition) is 1. The minimum absolute atomic E-state index is 0.130. The molecule has 0 aliphatic carbocycles. The van der Waals surface area contributed by atoms with E-state index in [1.807, 2.05) is 0 Å². The van der Waals surface area contributed by atoms with Crippen LogP contribution in [0.3, 0.4) is 0 Å². The lowest BCUT2D eigenvalue weighted by Gasteiger charge is -2.35. The normalized spacial score (nSPS) is 19.1. The Balaban J connectivity index is 4.62. The largest absolute Gasteiger partial charge is 0.502 e. The molecule has 13 heavy (non-hydrogen) atoms. The lowest BCUT2D eigenvalue weighted by Crippen LogP contribution is -2.38. The summed E-state index contributed by atoms with van der Waals surface area (Å²) in [5, 5.41) is 9.64. The van der Waals surface area contributed by atoms with Crippen molar-refractivity contribution >= 4 is 6.98 Å². The molecular formula is C8H15BF3O-. The van der Waals surface area contributed by atoms with Crippen LogP contribution in [0, 0.1) is 5.41 Å². The third-order valence-corrected chi connectivity index (χ3v) is 2.16. The first-order valence-electron chi connectivity index (χ1n) is 4.08. The van der Waals surface area contributed by atoms with Gasteiger partial charge in [-0.1, -0.05) is 26.8 Å². The Kier molecular flexibility index (Phi) is 3.25. The topological polar surface area (TPSA) is 20.2 Å². The Hall–Kier alpha value is -0.445. The molecule has 0 amide bonds. The summed E-state index contributed by atoms with van der Waals surface area (Å²) in [6, 6.07) is 0. The van der Waals surface area contributed by atoms with Crippen LogP contribution in [0.2, 0.25) is 0 Å². The van der Waals surface area contributed by atoms with Crippen molar-refractivity contribution < 1.29 is 18.1 Å². The van der Waals surface area contributed by atoms with Crippen molar-refractivity contribution in [3.8, 4) is 0 Å². The zero-order valence-electron chi connectivity index (χ0n) is 8.31. The first-order valence-corrected chi connectivity index (χ1v) is 4.08. The SMILES string of the molecule is CC(C)(C)C(C)(O)/C=C/[B-](F)(F)F. The first kappa shape index (κ1) is 12.6. The van der Waals surface area contributed by atoms with Crippen LogP contribution in [0.25, 0.3) is 0 Å². The number of rotatable bonds is 2. The summed E-state index contributed by atoms with van der Waals surface area (Å²) in [5.74, 6) is 0.130. The van der Waals surface area contributed by atoms with Gasteiger partial charge >= 0.3 is 6.98 Å². The lowest BCUT2D eigenvalue weighted by molar-refractivity contribution is 0.00359. The zero-order chi connectivity index (χ0) is 10.9. The van der Waals surface area contributed by atoms with Crippen molar-refractivity contribution in [2.45, 2.75) is 33.3 Å². The highest BCUT2D eigenvalue weighted by molar-refractivity contribution is 6.64. The average molecular weight is 195 g/mol. The maximum absolute atomic E-state index is 11.8. The Bertz CT molecular complexity index is 200. The molecule has 78 valence electrons. The molecule has 0 bridgehead atoms. The maximum atomic E-state index is 11.8. The smallest absolute Gasteiger partial charge is 0.445 e. The van der Waals surface area contributed by atoms with Crippen molar-refractivity contribution in [2.75, 3.05) is 0 Å². The standard InChI is InChI=1S/C8H15BF3O/c1-7(2,3)8(4,13)5-6-9(10,11)12/h5-6,13H,1-4H3/q-1/b6-5+. The molecule has 0 saturated carbocycles. The summed E-state index contributed by atoms with van der Waals surface area (Å²) in [7, 11) is 0. The minimum atomic E-state index is -4.96. The van der Waals surface area contributed by atoms with Crippen molar-refractivity contribution in [1.82, 2.24) is 0 Å². The van der Waals surface area contributed by atoms with Crippen LogP contribution < -0.4 is 0 Å². The van der Waals surface area contributed by atoms with Gasteiger partial charge in [-0.3, -0.25) is 0 Å². The highest BCUT2D eigenvalue weighted by Gasteiger charge is 2.33. The molecule has 0 aromatic heterocycles. The van der Waals surface area contributed by atoms with Crippen LogP contribution in [-0.4, -0.2) is 17.7 Å². The third-order valence-electron chi connectivity index (χ3n) is 2.16. The van der Waals surface area contributed by atoms with Crippen molar-refractivity contribution in [2.24, 2.45) is 5.41 Å². The van der Waals surface area contributed by atoms with E-state index in [0.717, 1.165) is 6.08 Å². The summed E-state index contributed by atoms with van der Waals surface area (Å²) in [5.41, 5.74) is -2.05. The molecule has 0 saturated heterocycles. The van der Waals surface area contributed by atoms with E-state index >= 15 is 0 Å². The second-order valence-electron chi connectivity index (χ2n) is 4.38. The molecule has 0 aromatic carbocycles. The number of halogens is 3. The van der Waals surface area contributed by atoms with E-state index in [1.54, 1.807) is 20.8 Å². The second-order valence-corrected chi connectivity index (χ2v) is 4.38. The molecule has 5 heteroatoms. The Morgan fingerprint density at radius 1 is 1.08 bits per heavy atom. The molecule has 1 atom stereocenters. The molecule has 0 aromatic rings. The average Bonchev–Trinajstić information content (AvgIpc) is 1.79. The highest BCUT2D eigenvalue weighted by Crippen LogP contribution is 2.31. The second kappa shape index (κ2) is 3.37. The van der Waals surface area contributed by atoms with Crippen LogP contribution in [-0.2, 0) is 0 Å². The van der Waals surface area contributed by atoms with Gasteiger partial charge < -0.3 is 18.1 Å². The fraction of sp³-hybridized carbons (Fsp3) is 0.750. The number of aliphatic hydroxyl groups is 1. The molecular weight excluding hydrogens is 180 g/mol. The van der Waals surface area contributed by atoms with Gasteiger partial charge in [0.2, 0.25) is 0 Å². The summed E-state index contributed by atoms with van der Waals surface area (Å²) in [6.07, 6.45) is 0.812. The molecule has 0 fully saturated rings. The molecule has 1 nitrogen and oxygen atoms in total. The van der Waals surface area contributed by atoms with Gasteiger partial charge in [0.15, 0.2) is 0 Å². The van der Waals surface area contributed by atoms with Gasteiger partial charge in [-0.25, -0.2) is 0 Å². The van der Waals surface area contributed by atoms with E-state index in [2.05, 4.69) is 0 Å². The molecule has 0 heterocycles. The van der Waals surface area contributed by atoms with Gasteiger partial charge in [-0.05, 0) is 12.3 Å². The molecule has 1 N–H and O–H groups in total. The number of hydrogen-bond donors (Lipinski definition) is 1. The van der Waals surface area contributed by atoms with Crippen molar-refractivity contribution in [1.29, 1.82) is 0 Å². The van der Waals surface area contributed by atoms with E-state index in [0.29, 0.717) is 0 Å². The van der Waals surface area contributed by atoms with Gasteiger partial charge in [0.05, 0.1) is 5.60 Å². The molecule has 0 aliphatic heterocycles. The van der Waals surface area contributed by atoms with Gasteiger partial charge in [-0.15, -0.1) is 5.98 Å². The molecule has 0 radical (unpaired) electrons. The summed E-state index contributed by atoms with van der Waals surface area (Å²) < 4.78 is 35.5. The Morgan fingerprint density at radius 3 is 1.69 bits per heavy atom. The third kappa shape index (κ3) is 4.36. The highest BCUT2D eigenvalue weighted by atomic mass is 19.4. The fourth-order valence-electron chi connectivity index (χ4n) is 0.546. The monoisotopic (exact) mass is 195 g/mol. The Morgan fingerprint density at radius 2 is 1.46 bits per heavy atom. The van der Waals surface area contributed by atoms with E-state index in [-0.39, 0.29) is 5.98 Å². The quantitative estimate of drug-likeness (QED) is 0.671. The first-order chi connectivity index (χ1) is 5.46. The predicted octanol–water partition coefficient (Wildman–Crippen LogP) is 2.73. The van der Waals surface area contributed by atoms with Crippen molar-refractivity contribution in [3.63, 3.8) is 0 Å². The van der Waals surface area contributed by atoms with Crippen LogP contribution in [0.15, 0.2) is 12.1 Å². The molecule has 0 spiro atoms. The van der Waals surface area contributed by atoms with Crippen LogP contribution in [0.4, 0.5) is 12.9 Å². The van der Waals surface area contributed by atoms with Gasteiger partial charge in [0.25, 0.3) is 0 Å². The minimum Gasteiger partial charge on any atom is -0.445 e. The molecule has 1 unspecified atom stereocenters. The Labute approximate surface area is 76.7 Å². The fourth-order valence-corrected chi connectivity index (χ4v) is 0.546. The predicted molar refractivity (Wildman–Crippen MR) is 48.3 cm³/mol. The van der Waals surface area contributed by atoms with Crippen LogP contribution in [0.1, 0.15) is 27.7 Å². The van der Waals surface area contributed by atoms with Crippen LogP contribution >= 0.6 is 0 Å². The summed E-state index contributed by atoms with van der Waals surface area (Å²) in [6.45, 7) is 1.45. The van der Waals surface area contributed by atoms with Gasteiger partial charge in [0, 0.05) is 0 Å². The molecule has 0 aliphatic rings. The van der Waals surface area contributed by atoms with E-state index in [1.165, 1.54) is 6.92 Å². The maximum Gasteiger partial charge on any atom is 0.502 e. The van der Waals surface area contributed by atoms with Crippen LogP contribution in [0.5, 0.6) is 0 Å². The van der Waals surface area contributed by atoms with Gasteiger partial charge in [-0.2, -0.15) is 0 Å². The summed E-state index contributed by atoms with van der Waals surface area (Å²) >= 11 is 0. The van der Waals surface area contributed by atoms with E-state index in [9.17, 15) is 18.1 Å². The molecule has 0 rings (SSSR count). The van der Waals surface area contributed by atoms with Gasteiger partial charge in [0.1, 0.15) is 0 Å². The van der Waals surface area contributed by atoms with E-state index < -0.39 is 18.0 Å². The summed E-state index contributed by atoms with van der Waals surface area (Å²) in [4.78, 5) is 0.